The van der Waals surface area contributed by atoms with Gasteiger partial charge in [-0.1, -0.05) is 33.1 Å². The van der Waals surface area contributed by atoms with E-state index in [4.69, 9.17) is 4.74 Å². The number of quaternary nitrogens is 1. The van der Waals surface area contributed by atoms with Gasteiger partial charge in [0.2, 0.25) is 0 Å². The van der Waals surface area contributed by atoms with Gasteiger partial charge < -0.3 is 14.6 Å². The van der Waals surface area contributed by atoms with Crippen LogP contribution in [0.2, 0.25) is 0 Å². The summed E-state index contributed by atoms with van der Waals surface area (Å²) in [4.78, 5) is 0. The van der Waals surface area contributed by atoms with Crippen LogP contribution in [0.4, 0.5) is 0 Å². The molecule has 0 amide bonds. The van der Waals surface area contributed by atoms with Gasteiger partial charge in [-0.15, -0.1) is 0 Å². The molecule has 2 unspecified atom stereocenters. The highest BCUT2D eigenvalue weighted by Crippen LogP contribution is 2.18. The van der Waals surface area contributed by atoms with E-state index in [1.54, 1.807) is 0 Å². The highest BCUT2D eigenvalue weighted by atomic mass is 16.6. The predicted octanol–water partition coefficient (Wildman–Crippen LogP) is 2.69. The molecule has 1 rings (SSSR count). The molecule has 15 heavy (non-hydrogen) atoms. The Balaban J connectivity index is 2.28. The summed E-state index contributed by atoms with van der Waals surface area (Å²) in [7, 11) is 0. The van der Waals surface area contributed by atoms with E-state index < -0.39 is 0 Å². The van der Waals surface area contributed by atoms with E-state index >= 15 is 0 Å². The molecular formula is C12H25NO2. The summed E-state index contributed by atoms with van der Waals surface area (Å²) in [5, 5.41) is 12.2. The normalized spacial score (nSPS) is 31.8. The molecule has 0 saturated carbocycles. The van der Waals surface area contributed by atoms with Gasteiger partial charge >= 0.3 is 0 Å². The van der Waals surface area contributed by atoms with E-state index in [0.717, 1.165) is 19.4 Å². The molecule has 1 fully saturated rings. The number of morpholine rings is 1. The van der Waals surface area contributed by atoms with Crippen LogP contribution in [0.1, 0.15) is 46.0 Å². The molecule has 0 N–H and O–H groups in total. The van der Waals surface area contributed by atoms with E-state index in [1.807, 2.05) is 0 Å². The molecule has 0 radical (unpaired) electrons. The monoisotopic (exact) mass is 215 g/mol. The Morgan fingerprint density at radius 3 is 2.73 bits per heavy atom. The van der Waals surface area contributed by atoms with Crippen LogP contribution in [0.15, 0.2) is 0 Å². The van der Waals surface area contributed by atoms with Gasteiger partial charge in [-0.2, -0.15) is 0 Å². The Labute approximate surface area is 93.6 Å². The third kappa shape index (κ3) is 4.49. The van der Waals surface area contributed by atoms with Crippen molar-refractivity contribution >= 4 is 0 Å². The van der Waals surface area contributed by atoms with Gasteiger partial charge in [0.15, 0.2) is 0 Å². The maximum atomic E-state index is 12.2. The highest BCUT2D eigenvalue weighted by molar-refractivity contribution is 4.64. The highest BCUT2D eigenvalue weighted by Gasteiger charge is 2.27. The van der Waals surface area contributed by atoms with Crippen LogP contribution < -0.4 is 0 Å². The summed E-state index contributed by atoms with van der Waals surface area (Å²) in [6, 6.07) is 0. The van der Waals surface area contributed by atoms with Crippen LogP contribution in [-0.2, 0) is 4.74 Å². The molecule has 2 atom stereocenters. The van der Waals surface area contributed by atoms with Gasteiger partial charge in [-0.3, -0.25) is 0 Å². The van der Waals surface area contributed by atoms with E-state index in [2.05, 4.69) is 13.8 Å². The maximum Gasteiger partial charge on any atom is 0.107 e. The fraction of sp³-hybridized carbons (Fsp3) is 1.00. The van der Waals surface area contributed by atoms with Crippen molar-refractivity contribution in [3.05, 3.63) is 5.21 Å². The van der Waals surface area contributed by atoms with Gasteiger partial charge in [-0.05, 0) is 12.8 Å². The molecule has 0 aromatic carbocycles. The largest absolute Gasteiger partial charge is 0.633 e. The van der Waals surface area contributed by atoms with Crippen molar-refractivity contribution in [2.75, 3.05) is 26.2 Å². The maximum absolute atomic E-state index is 12.2. The van der Waals surface area contributed by atoms with Crippen LogP contribution >= 0.6 is 0 Å². The second-order valence-corrected chi connectivity index (χ2v) is 4.68. The Hall–Kier alpha value is -0.120. The summed E-state index contributed by atoms with van der Waals surface area (Å²) >= 11 is 0. The number of nitrogens with zero attached hydrogens (tertiary/aromatic N) is 1. The molecule has 90 valence electrons. The smallest absolute Gasteiger partial charge is 0.107 e. The van der Waals surface area contributed by atoms with Crippen LogP contribution in [0.25, 0.3) is 0 Å². The third-order valence-corrected chi connectivity index (χ3v) is 3.15. The van der Waals surface area contributed by atoms with Crippen molar-refractivity contribution in [3.63, 3.8) is 0 Å². The lowest BCUT2D eigenvalue weighted by molar-refractivity contribution is -0.892. The standard InChI is InChI=1S/C12H25NO2/c1-3-5-6-7-12-11-13(14,8-4-2)9-10-15-12/h12H,3-11H2,1-2H3. The number of unbranched alkanes of at least 4 members (excludes halogenated alkanes) is 2. The van der Waals surface area contributed by atoms with Gasteiger partial charge in [0.05, 0.1) is 13.2 Å². The molecule has 1 aliphatic rings. The zero-order valence-corrected chi connectivity index (χ0v) is 10.2. The summed E-state index contributed by atoms with van der Waals surface area (Å²) in [6.45, 7) is 7.02. The minimum Gasteiger partial charge on any atom is -0.633 e. The summed E-state index contributed by atoms with van der Waals surface area (Å²) < 4.78 is 5.63. The second-order valence-electron chi connectivity index (χ2n) is 4.68. The molecule has 1 heterocycles. The second kappa shape index (κ2) is 6.46. The van der Waals surface area contributed by atoms with E-state index in [9.17, 15) is 5.21 Å². The van der Waals surface area contributed by atoms with Crippen LogP contribution in [0, 0.1) is 5.21 Å². The van der Waals surface area contributed by atoms with Crippen LogP contribution in [-0.4, -0.2) is 37.0 Å². The lowest BCUT2D eigenvalue weighted by atomic mass is 10.1. The first-order chi connectivity index (χ1) is 7.20. The number of hydrogen-bond donors (Lipinski definition) is 0. The SMILES string of the molecule is CCCCCC1C[N+]([O-])(CCC)CCO1. The molecule has 0 bridgehead atoms. The topological polar surface area (TPSA) is 32.3 Å². The molecule has 0 spiro atoms. The first-order valence-electron chi connectivity index (χ1n) is 6.39. The van der Waals surface area contributed by atoms with Crippen LogP contribution in [0.3, 0.4) is 0 Å². The van der Waals surface area contributed by atoms with Gasteiger partial charge in [0.1, 0.15) is 19.2 Å². The van der Waals surface area contributed by atoms with Crippen molar-refractivity contribution < 1.29 is 9.38 Å². The van der Waals surface area contributed by atoms with Crippen molar-refractivity contribution in [1.82, 2.24) is 0 Å². The van der Waals surface area contributed by atoms with Gasteiger partial charge in [0, 0.05) is 0 Å². The Morgan fingerprint density at radius 2 is 2.07 bits per heavy atom. The summed E-state index contributed by atoms with van der Waals surface area (Å²) in [5.74, 6) is 0. The average Bonchev–Trinajstić information content (AvgIpc) is 2.18. The van der Waals surface area contributed by atoms with E-state index in [0.29, 0.717) is 19.7 Å². The Morgan fingerprint density at radius 1 is 1.27 bits per heavy atom. The van der Waals surface area contributed by atoms with Crippen molar-refractivity contribution in [2.45, 2.75) is 52.1 Å². The Kier molecular flexibility index (Phi) is 5.58. The zero-order chi connectivity index (χ0) is 11.1. The van der Waals surface area contributed by atoms with Gasteiger partial charge in [0.25, 0.3) is 0 Å². The third-order valence-electron chi connectivity index (χ3n) is 3.15. The lowest BCUT2D eigenvalue weighted by Crippen LogP contribution is -2.54. The first-order valence-corrected chi connectivity index (χ1v) is 6.39. The Bertz CT molecular complexity index is 171. The molecular weight excluding hydrogens is 190 g/mol. The van der Waals surface area contributed by atoms with E-state index in [-0.39, 0.29) is 10.8 Å². The fourth-order valence-corrected chi connectivity index (χ4v) is 2.31. The summed E-state index contributed by atoms with van der Waals surface area (Å²) in [6.07, 6.45) is 5.96. The molecule has 3 heteroatoms. The molecule has 3 nitrogen and oxygen atoms in total. The number of ether oxygens (including phenoxy) is 1. The molecule has 1 aliphatic heterocycles. The van der Waals surface area contributed by atoms with Gasteiger partial charge in [-0.25, -0.2) is 0 Å². The van der Waals surface area contributed by atoms with Crippen molar-refractivity contribution in [2.24, 2.45) is 0 Å². The van der Waals surface area contributed by atoms with E-state index in [1.165, 1.54) is 19.3 Å². The number of rotatable bonds is 6. The quantitative estimate of drug-likeness (QED) is 0.387. The fourth-order valence-electron chi connectivity index (χ4n) is 2.31. The molecule has 1 saturated heterocycles. The average molecular weight is 215 g/mol. The predicted molar refractivity (Wildman–Crippen MR) is 62.4 cm³/mol. The minimum atomic E-state index is -0.0205. The zero-order valence-electron chi connectivity index (χ0n) is 10.2. The minimum absolute atomic E-state index is 0.0205. The summed E-state index contributed by atoms with van der Waals surface area (Å²) in [5.41, 5.74) is 0. The van der Waals surface area contributed by atoms with Crippen molar-refractivity contribution in [3.8, 4) is 0 Å². The lowest BCUT2D eigenvalue weighted by Gasteiger charge is -2.47. The molecule has 0 aromatic heterocycles. The van der Waals surface area contributed by atoms with Crippen LogP contribution in [0.5, 0.6) is 0 Å². The molecule has 0 aromatic rings. The number of hydrogen-bond acceptors (Lipinski definition) is 2. The molecule has 0 aliphatic carbocycles. The first kappa shape index (κ1) is 12.9. The van der Waals surface area contributed by atoms with Crippen molar-refractivity contribution in [1.29, 1.82) is 0 Å². The number of hydroxylamine groups is 3.